The number of benzene rings is 1. The Morgan fingerprint density at radius 1 is 1.19 bits per heavy atom. The molecule has 1 rings (SSSR count). The van der Waals surface area contributed by atoms with Crippen molar-refractivity contribution < 1.29 is 31.2 Å². The van der Waals surface area contributed by atoms with Crippen molar-refractivity contribution >= 4 is 12.4 Å². The van der Waals surface area contributed by atoms with Crippen LogP contribution in [0.3, 0.4) is 0 Å². The van der Waals surface area contributed by atoms with E-state index in [1.54, 1.807) is 0 Å². The first-order valence-corrected chi connectivity index (χ1v) is 4.17. The molecule has 0 aromatic heterocycles. The van der Waals surface area contributed by atoms with Crippen molar-refractivity contribution in [1.29, 1.82) is 0 Å². The molecule has 16 heavy (non-hydrogen) atoms. The van der Waals surface area contributed by atoms with Crippen molar-refractivity contribution in [2.24, 2.45) is 0 Å². The molecule has 0 radical (unpaired) electrons. The molecule has 0 spiro atoms. The Morgan fingerprint density at radius 2 is 1.81 bits per heavy atom. The fourth-order valence-electron chi connectivity index (χ4n) is 1.14. The van der Waals surface area contributed by atoms with Gasteiger partial charge in [-0.3, -0.25) is 0 Å². The Hall–Kier alpha value is -1.47. The van der Waals surface area contributed by atoms with E-state index in [0.717, 1.165) is 19.2 Å². The van der Waals surface area contributed by atoms with Crippen molar-refractivity contribution in [3.63, 3.8) is 0 Å². The van der Waals surface area contributed by atoms with Crippen LogP contribution in [0.1, 0.15) is 0 Å². The van der Waals surface area contributed by atoms with Crippen LogP contribution in [0.2, 0.25) is 0 Å². The minimum absolute atomic E-state index is 0.379. The van der Waals surface area contributed by atoms with Crippen LogP contribution in [0, 0.1) is 0 Å². The first-order chi connectivity index (χ1) is 7.34. The lowest BCUT2D eigenvalue weighted by Gasteiger charge is -2.19. The summed E-state index contributed by atoms with van der Waals surface area (Å²) < 4.78 is 69.3. The first-order valence-electron chi connectivity index (χ1n) is 4.17. The zero-order valence-electron chi connectivity index (χ0n) is 8.09. The van der Waals surface area contributed by atoms with E-state index in [-0.39, 0.29) is 5.75 Å². The smallest absolute Gasteiger partial charge is 0.500 e. The predicted octanol–water partition coefficient (Wildman–Crippen LogP) is 2.35. The van der Waals surface area contributed by atoms with Gasteiger partial charge in [-0.05, 0) is 6.07 Å². The van der Waals surface area contributed by atoms with Crippen LogP contribution in [-0.2, 0) is 0 Å². The number of methoxy groups -OCH3 is 1. The fourth-order valence-corrected chi connectivity index (χ4v) is 1.14. The van der Waals surface area contributed by atoms with E-state index in [1.165, 1.54) is 0 Å². The standard InChI is InChI=1S/C8H7BF5O2/c1-15-7-4-5(16-8(10)11)2-3-6(7)9(12,13)14/h2-4,8H,1H3/q-1. The Balaban J connectivity index is 3.07. The maximum Gasteiger partial charge on any atom is 0.513 e. The van der Waals surface area contributed by atoms with Gasteiger partial charge in [0.25, 0.3) is 0 Å². The molecule has 0 amide bonds. The summed E-state index contributed by atoms with van der Waals surface area (Å²) in [5.74, 6) is -0.915. The third-order valence-electron chi connectivity index (χ3n) is 1.78. The van der Waals surface area contributed by atoms with Crippen LogP contribution in [0.5, 0.6) is 11.5 Å². The van der Waals surface area contributed by atoms with Crippen LogP contribution in [0.4, 0.5) is 21.7 Å². The van der Waals surface area contributed by atoms with Crippen molar-refractivity contribution in [1.82, 2.24) is 0 Å². The Labute approximate surface area is 88.0 Å². The third kappa shape index (κ3) is 3.01. The van der Waals surface area contributed by atoms with Crippen LogP contribution in [0.25, 0.3) is 0 Å². The van der Waals surface area contributed by atoms with Gasteiger partial charge in [0.2, 0.25) is 0 Å². The van der Waals surface area contributed by atoms with Crippen LogP contribution >= 0.6 is 0 Å². The molecule has 8 heteroatoms. The summed E-state index contributed by atoms with van der Waals surface area (Å²) in [7, 11) is 1.02. The highest BCUT2D eigenvalue weighted by atomic mass is 19.4. The fraction of sp³-hybridized carbons (Fsp3) is 0.250. The predicted molar refractivity (Wildman–Crippen MR) is 48.3 cm³/mol. The molecule has 0 aliphatic rings. The summed E-state index contributed by atoms with van der Waals surface area (Å²) in [6.45, 7) is -8.34. The zero-order valence-corrected chi connectivity index (χ0v) is 8.09. The molecule has 0 atom stereocenters. The topological polar surface area (TPSA) is 18.5 Å². The largest absolute Gasteiger partial charge is 0.513 e. The monoisotopic (exact) mass is 241 g/mol. The van der Waals surface area contributed by atoms with E-state index in [0.29, 0.717) is 6.07 Å². The SMILES string of the molecule is COc1cc(OC(F)F)ccc1[B-](F)(F)F. The molecular weight excluding hydrogens is 234 g/mol. The summed E-state index contributed by atoms with van der Waals surface area (Å²) in [5, 5.41) is 0. The number of alkyl halides is 2. The summed E-state index contributed by atoms with van der Waals surface area (Å²) in [6, 6.07) is 2.24. The molecule has 1 aromatic carbocycles. The van der Waals surface area contributed by atoms with Crippen molar-refractivity contribution in [3.05, 3.63) is 18.2 Å². The lowest BCUT2D eigenvalue weighted by atomic mass is 9.79. The minimum atomic E-state index is -5.24. The number of hydrogen-bond acceptors (Lipinski definition) is 2. The number of halogens is 5. The molecule has 0 aliphatic heterocycles. The maximum absolute atomic E-state index is 12.4. The minimum Gasteiger partial charge on any atom is -0.500 e. The summed E-state index contributed by atoms with van der Waals surface area (Å²) in [5.41, 5.74) is -0.982. The summed E-state index contributed by atoms with van der Waals surface area (Å²) in [6.07, 6.45) is 0. The number of rotatable bonds is 4. The molecule has 1 aromatic rings. The van der Waals surface area contributed by atoms with Gasteiger partial charge in [-0.15, -0.1) is 0 Å². The molecule has 0 fully saturated rings. The van der Waals surface area contributed by atoms with Gasteiger partial charge in [-0.25, -0.2) is 0 Å². The van der Waals surface area contributed by atoms with Crippen molar-refractivity contribution in [2.45, 2.75) is 6.61 Å². The van der Waals surface area contributed by atoms with E-state index in [4.69, 9.17) is 0 Å². The van der Waals surface area contributed by atoms with Gasteiger partial charge in [0.15, 0.2) is 0 Å². The average molecular weight is 241 g/mol. The summed E-state index contributed by atoms with van der Waals surface area (Å²) >= 11 is 0. The van der Waals surface area contributed by atoms with Gasteiger partial charge in [-0.1, -0.05) is 11.5 Å². The van der Waals surface area contributed by atoms with Gasteiger partial charge < -0.3 is 22.4 Å². The van der Waals surface area contributed by atoms with Crippen LogP contribution < -0.4 is 14.9 Å². The third-order valence-corrected chi connectivity index (χ3v) is 1.78. The normalized spacial score (nSPS) is 11.7. The first kappa shape index (κ1) is 12.6. The molecule has 90 valence electrons. The molecule has 0 aliphatic carbocycles. The molecule has 0 unspecified atom stereocenters. The van der Waals surface area contributed by atoms with Crippen molar-refractivity contribution in [3.8, 4) is 11.5 Å². The molecular formula is C8H7BF5O2-. The van der Waals surface area contributed by atoms with Crippen molar-refractivity contribution in [2.75, 3.05) is 7.11 Å². The summed E-state index contributed by atoms with van der Waals surface area (Å²) in [4.78, 5) is 0. The molecule has 0 N–H and O–H groups in total. The highest BCUT2D eigenvalue weighted by Crippen LogP contribution is 2.23. The van der Waals surface area contributed by atoms with Gasteiger partial charge >= 0.3 is 13.6 Å². The maximum atomic E-state index is 12.4. The van der Waals surface area contributed by atoms with Crippen LogP contribution in [-0.4, -0.2) is 20.7 Å². The second-order valence-electron chi connectivity index (χ2n) is 2.86. The number of hydrogen-bond donors (Lipinski definition) is 0. The Morgan fingerprint density at radius 3 is 2.25 bits per heavy atom. The van der Waals surface area contributed by atoms with Gasteiger partial charge in [-0.2, -0.15) is 8.78 Å². The van der Waals surface area contributed by atoms with Crippen LogP contribution in [0.15, 0.2) is 18.2 Å². The Bertz CT molecular complexity index is 366. The Kier molecular flexibility index (Phi) is 3.61. The molecule has 2 nitrogen and oxygen atoms in total. The quantitative estimate of drug-likeness (QED) is 0.595. The van der Waals surface area contributed by atoms with E-state index in [2.05, 4.69) is 9.47 Å². The van der Waals surface area contributed by atoms with E-state index >= 15 is 0 Å². The second kappa shape index (κ2) is 4.59. The van der Waals surface area contributed by atoms with Gasteiger partial charge in [0, 0.05) is 6.07 Å². The average Bonchev–Trinajstić information content (AvgIpc) is 2.14. The van der Waals surface area contributed by atoms with E-state index < -0.39 is 24.8 Å². The molecule has 0 bridgehead atoms. The molecule has 0 saturated carbocycles. The molecule has 0 heterocycles. The molecule has 0 saturated heterocycles. The zero-order chi connectivity index (χ0) is 12.3. The highest BCUT2D eigenvalue weighted by Gasteiger charge is 2.29. The second-order valence-corrected chi connectivity index (χ2v) is 2.86. The number of ether oxygens (including phenoxy) is 2. The van der Waals surface area contributed by atoms with E-state index in [1.807, 2.05) is 0 Å². The van der Waals surface area contributed by atoms with E-state index in [9.17, 15) is 21.7 Å². The van der Waals surface area contributed by atoms with Gasteiger partial charge in [0.1, 0.15) is 5.75 Å². The highest BCUT2D eigenvalue weighted by molar-refractivity contribution is 6.74. The lowest BCUT2D eigenvalue weighted by Crippen LogP contribution is -2.35. The van der Waals surface area contributed by atoms with Gasteiger partial charge in [0.05, 0.1) is 12.9 Å². The lowest BCUT2D eigenvalue weighted by molar-refractivity contribution is -0.0499.